The molecule has 0 spiro atoms. The molecule has 0 aliphatic heterocycles. The van der Waals surface area contributed by atoms with Crippen molar-refractivity contribution in [3.63, 3.8) is 0 Å². The van der Waals surface area contributed by atoms with Crippen LogP contribution in [0.15, 0.2) is 30.5 Å². The van der Waals surface area contributed by atoms with Crippen molar-refractivity contribution in [1.82, 2.24) is 15.2 Å². The number of aromatic nitrogens is 2. The zero-order valence-electron chi connectivity index (χ0n) is 11.2. The Labute approximate surface area is 112 Å². The standard InChI is InChI=1S/C14H19FN4/c1-3-13-12(9-19(2)18-13)14(17-16)8-10-5-4-6-11(15)7-10/h4-7,9,14,17H,3,8,16H2,1-2H3. The molecule has 0 saturated carbocycles. The van der Waals surface area contributed by atoms with Crippen molar-refractivity contribution >= 4 is 0 Å². The minimum absolute atomic E-state index is 0.0644. The number of benzene rings is 1. The summed E-state index contributed by atoms with van der Waals surface area (Å²) in [6.07, 6.45) is 3.44. The highest BCUT2D eigenvalue weighted by atomic mass is 19.1. The molecule has 4 nitrogen and oxygen atoms in total. The summed E-state index contributed by atoms with van der Waals surface area (Å²) in [5, 5.41) is 4.40. The topological polar surface area (TPSA) is 55.9 Å². The van der Waals surface area contributed by atoms with Crippen LogP contribution in [0.3, 0.4) is 0 Å². The van der Waals surface area contributed by atoms with Crippen LogP contribution in [-0.4, -0.2) is 9.78 Å². The third-order valence-corrected chi connectivity index (χ3v) is 3.18. The summed E-state index contributed by atoms with van der Waals surface area (Å²) >= 11 is 0. The van der Waals surface area contributed by atoms with Crippen LogP contribution in [-0.2, 0) is 19.9 Å². The van der Waals surface area contributed by atoms with Gasteiger partial charge in [0.25, 0.3) is 0 Å². The largest absolute Gasteiger partial charge is 0.275 e. The minimum atomic E-state index is -0.227. The Balaban J connectivity index is 2.24. The van der Waals surface area contributed by atoms with Gasteiger partial charge in [-0.05, 0) is 30.5 Å². The van der Waals surface area contributed by atoms with Crippen LogP contribution in [0.5, 0.6) is 0 Å². The third-order valence-electron chi connectivity index (χ3n) is 3.18. The minimum Gasteiger partial charge on any atom is -0.275 e. The number of nitrogens with zero attached hydrogens (tertiary/aromatic N) is 2. The number of hydrogen-bond acceptors (Lipinski definition) is 3. The second kappa shape index (κ2) is 5.95. The molecule has 0 saturated heterocycles. The van der Waals surface area contributed by atoms with Crippen molar-refractivity contribution in [1.29, 1.82) is 0 Å². The molecule has 2 rings (SSSR count). The van der Waals surface area contributed by atoms with Gasteiger partial charge in [0.05, 0.1) is 11.7 Å². The normalized spacial score (nSPS) is 12.6. The van der Waals surface area contributed by atoms with Gasteiger partial charge < -0.3 is 0 Å². The van der Waals surface area contributed by atoms with Crippen LogP contribution in [0, 0.1) is 5.82 Å². The summed E-state index contributed by atoms with van der Waals surface area (Å²) in [5.41, 5.74) is 5.79. The smallest absolute Gasteiger partial charge is 0.123 e. The number of hydrazine groups is 1. The van der Waals surface area contributed by atoms with Gasteiger partial charge in [0.1, 0.15) is 5.82 Å². The van der Waals surface area contributed by atoms with E-state index in [9.17, 15) is 4.39 Å². The van der Waals surface area contributed by atoms with Gasteiger partial charge in [-0.3, -0.25) is 16.0 Å². The molecule has 0 fully saturated rings. The van der Waals surface area contributed by atoms with Gasteiger partial charge in [0.2, 0.25) is 0 Å². The fraction of sp³-hybridized carbons (Fsp3) is 0.357. The summed E-state index contributed by atoms with van der Waals surface area (Å²) in [6.45, 7) is 2.06. The second-order valence-corrected chi connectivity index (χ2v) is 4.61. The molecule has 3 N–H and O–H groups in total. The lowest BCUT2D eigenvalue weighted by Gasteiger charge is -2.15. The summed E-state index contributed by atoms with van der Waals surface area (Å²) < 4.78 is 15.0. The predicted octanol–water partition coefficient (Wildman–Crippen LogP) is 1.87. The lowest BCUT2D eigenvalue weighted by Crippen LogP contribution is -2.30. The zero-order valence-corrected chi connectivity index (χ0v) is 11.2. The van der Waals surface area contributed by atoms with Crippen molar-refractivity contribution < 1.29 is 4.39 Å². The first-order chi connectivity index (χ1) is 9.13. The van der Waals surface area contributed by atoms with E-state index >= 15 is 0 Å². The highest BCUT2D eigenvalue weighted by molar-refractivity contribution is 5.25. The quantitative estimate of drug-likeness (QED) is 0.639. The van der Waals surface area contributed by atoms with Crippen molar-refractivity contribution in [2.75, 3.05) is 0 Å². The van der Waals surface area contributed by atoms with Crippen LogP contribution >= 0.6 is 0 Å². The summed E-state index contributed by atoms with van der Waals surface area (Å²) in [4.78, 5) is 0. The maximum atomic E-state index is 13.2. The number of halogens is 1. The van der Waals surface area contributed by atoms with Gasteiger partial charge in [-0.1, -0.05) is 19.1 Å². The van der Waals surface area contributed by atoms with Gasteiger partial charge in [0.15, 0.2) is 0 Å². The molecule has 2 aromatic rings. The van der Waals surface area contributed by atoms with E-state index in [2.05, 4.69) is 17.4 Å². The molecule has 5 heteroatoms. The molecule has 1 heterocycles. The number of nitrogens with two attached hydrogens (primary N) is 1. The molecule has 0 bridgehead atoms. The first-order valence-corrected chi connectivity index (χ1v) is 6.37. The van der Waals surface area contributed by atoms with Gasteiger partial charge >= 0.3 is 0 Å². The third kappa shape index (κ3) is 3.19. The van der Waals surface area contributed by atoms with Crippen molar-refractivity contribution in [2.24, 2.45) is 12.9 Å². The van der Waals surface area contributed by atoms with Crippen LogP contribution in [0.1, 0.15) is 29.8 Å². The first kappa shape index (κ1) is 13.7. The number of aryl methyl sites for hydroxylation is 2. The maximum Gasteiger partial charge on any atom is 0.123 e. The fourth-order valence-corrected chi connectivity index (χ4v) is 2.28. The monoisotopic (exact) mass is 262 g/mol. The van der Waals surface area contributed by atoms with Crippen molar-refractivity contribution in [3.8, 4) is 0 Å². The van der Waals surface area contributed by atoms with E-state index in [0.29, 0.717) is 6.42 Å². The first-order valence-electron chi connectivity index (χ1n) is 6.37. The molecule has 19 heavy (non-hydrogen) atoms. The summed E-state index contributed by atoms with van der Waals surface area (Å²) in [5.74, 6) is 5.42. The molecular weight excluding hydrogens is 243 g/mol. The Hall–Kier alpha value is -1.72. The lowest BCUT2D eigenvalue weighted by atomic mass is 9.99. The van der Waals surface area contributed by atoms with Crippen LogP contribution in [0.4, 0.5) is 4.39 Å². The van der Waals surface area contributed by atoms with Crippen LogP contribution in [0.25, 0.3) is 0 Å². The highest BCUT2D eigenvalue weighted by Crippen LogP contribution is 2.21. The molecule has 0 aliphatic carbocycles. The summed E-state index contributed by atoms with van der Waals surface area (Å²) in [6, 6.07) is 6.52. The fourth-order valence-electron chi connectivity index (χ4n) is 2.28. The van der Waals surface area contributed by atoms with E-state index in [0.717, 1.165) is 23.2 Å². The van der Waals surface area contributed by atoms with E-state index in [1.165, 1.54) is 12.1 Å². The Kier molecular flexibility index (Phi) is 4.29. The van der Waals surface area contributed by atoms with Gasteiger partial charge in [-0.15, -0.1) is 0 Å². The van der Waals surface area contributed by atoms with E-state index in [4.69, 9.17) is 5.84 Å². The van der Waals surface area contributed by atoms with Crippen molar-refractivity contribution in [2.45, 2.75) is 25.8 Å². The summed E-state index contributed by atoms with van der Waals surface area (Å²) in [7, 11) is 1.89. The average molecular weight is 262 g/mol. The molecule has 0 radical (unpaired) electrons. The lowest BCUT2D eigenvalue weighted by molar-refractivity contribution is 0.544. The molecule has 1 unspecified atom stereocenters. The zero-order chi connectivity index (χ0) is 13.8. The van der Waals surface area contributed by atoms with Crippen LogP contribution in [0.2, 0.25) is 0 Å². The molecule has 1 aromatic carbocycles. The maximum absolute atomic E-state index is 13.2. The Bertz CT molecular complexity index is 550. The molecule has 0 amide bonds. The Morgan fingerprint density at radius 2 is 2.26 bits per heavy atom. The number of hydrogen-bond donors (Lipinski definition) is 2. The molecular formula is C14H19FN4. The van der Waals surface area contributed by atoms with Gasteiger partial charge in [-0.2, -0.15) is 5.10 Å². The molecule has 0 aliphatic rings. The Morgan fingerprint density at radius 1 is 1.47 bits per heavy atom. The molecule has 102 valence electrons. The Morgan fingerprint density at radius 3 is 2.89 bits per heavy atom. The molecule has 1 aromatic heterocycles. The SMILES string of the molecule is CCc1nn(C)cc1C(Cc1cccc(F)c1)NN. The number of rotatable bonds is 5. The van der Waals surface area contributed by atoms with E-state index < -0.39 is 0 Å². The number of nitrogens with one attached hydrogen (secondary N) is 1. The van der Waals surface area contributed by atoms with Gasteiger partial charge in [0, 0.05) is 18.8 Å². The highest BCUT2D eigenvalue weighted by Gasteiger charge is 2.17. The second-order valence-electron chi connectivity index (χ2n) is 4.61. The van der Waals surface area contributed by atoms with E-state index in [-0.39, 0.29) is 11.9 Å². The van der Waals surface area contributed by atoms with E-state index in [1.54, 1.807) is 10.7 Å². The van der Waals surface area contributed by atoms with Crippen molar-refractivity contribution in [3.05, 3.63) is 53.1 Å². The average Bonchev–Trinajstić information content (AvgIpc) is 2.77. The van der Waals surface area contributed by atoms with E-state index in [1.807, 2.05) is 19.3 Å². The van der Waals surface area contributed by atoms with Crippen LogP contribution < -0.4 is 11.3 Å². The van der Waals surface area contributed by atoms with Gasteiger partial charge in [-0.25, -0.2) is 4.39 Å². The predicted molar refractivity (Wildman–Crippen MR) is 72.8 cm³/mol. The molecule has 1 atom stereocenters.